The van der Waals surface area contributed by atoms with Crippen molar-refractivity contribution >= 4 is 11.6 Å². The lowest BCUT2D eigenvalue weighted by atomic mass is 9.83. The third kappa shape index (κ3) is 2.53. The van der Waals surface area contributed by atoms with Crippen molar-refractivity contribution in [1.82, 2.24) is 10.2 Å². The molecule has 1 aliphatic heterocycles. The van der Waals surface area contributed by atoms with Crippen LogP contribution in [0.2, 0.25) is 5.02 Å². The molecule has 1 atom stereocenters. The topological polar surface area (TPSA) is 87.7 Å². The molecule has 122 valence electrons. The van der Waals surface area contributed by atoms with Crippen molar-refractivity contribution in [3.8, 4) is 23.2 Å². The maximum Gasteiger partial charge on any atom is 0.244 e. The molecule has 0 saturated heterocycles. The summed E-state index contributed by atoms with van der Waals surface area (Å²) in [6, 6.07) is 19.3. The van der Waals surface area contributed by atoms with Gasteiger partial charge in [-0.1, -0.05) is 54.1 Å². The number of halogens is 1. The number of aromatic nitrogens is 2. The molecule has 3 N–H and O–H groups in total. The predicted molar refractivity (Wildman–Crippen MR) is 94.8 cm³/mol. The molecule has 25 heavy (non-hydrogen) atoms. The van der Waals surface area contributed by atoms with E-state index in [-0.39, 0.29) is 11.8 Å². The molecule has 5 nitrogen and oxygen atoms in total. The Bertz CT molecular complexity index is 1000. The van der Waals surface area contributed by atoms with Gasteiger partial charge in [-0.3, -0.25) is 5.10 Å². The van der Waals surface area contributed by atoms with Crippen LogP contribution in [-0.4, -0.2) is 10.2 Å². The average molecular weight is 349 g/mol. The summed E-state index contributed by atoms with van der Waals surface area (Å²) in [5.74, 6) is 0.0799. The van der Waals surface area contributed by atoms with E-state index >= 15 is 0 Å². The van der Waals surface area contributed by atoms with Gasteiger partial charge in [0.2, 0.25) is 11.8 Å². The van der Waals surface area contributed by atoms with Gasteiger partial charge in [-0.2, -0.15) is 5.26 Å². The molecule has 2 heterocycles. The molecule has 3 aromatic rings. The van der Waals surface area contributed by atoms with Crippen molar-refractivity contribution in [3.63, 3.8) is 0 Å². The second kappa shape index (κ2) is 6.00. The molecule has 2 aromatic carbocycles. The largest absolute Gasteiger partial charge is 0.420 e. The van der Waals surface area contributed by atoms with Crippen molar-refractivity contribution in [2.45, 2.75) is 5.92 Å². The first kappa shape index (κ1) is 15.3. The lowest BCUT2D eigenvalue weighted by Crippen LogP contribution is -2.20. The van der Waals surface area contributed by atoms with Crippen LogP contribution in [0.1, 0.15) is 17.0 Å². The molecule has 0 amide bonds. The minimum absolute atomic E-state index is 0.0704. The standard InChI is InChI=1S/C19H13ClN4O/c20-13-8-6-11(7-9-13)15-14(10-21)18(22)25-19-16(15)17(23-24-19)12-4-2-1-3-5-12/h1-9,15H,22H2,(H,23,24). The Hall–Kier alpha value is -3.23. The van der Waals surface area contributed by atoms with Gasteiger partial charge in [0.05, 0.1) is 17.2 Å². The highest BCUT2D eigenvalue weighted by Crippen LogP contribution is 2.45. The number of H-pyrrole nitrogens is 1. The highest BCUT2D eigenvalue weighted by Gasteiger charge is 2.35. The van der Waals surface area contributed by atoms with Crippen molar-refractivity contribution in [2.75, 3.05) is 0 Å². The van der Waals surface area contributed by atoms with Crippen molar-refractivity contribution in [3.05, 3.63) is 82.2 Å². The lowest BCUT2D eigenvalue weighted by Gasteiger charge is -2.24. The van der Waals surface area contributed by atoms with E-state index in [2.05, 4.69) is 16.3 Å². The SMILES string of the molecule is N#CC1=C(N)Oc2n[nH]c(-c3ccccc3)c2C1c1ccc(Cl)cc1. The third-order valence-electron chi connectivity index (χ3n) is 4.20. The second-order valence-electron chi connectivity index (χ2n) is 5.66. The number of nitrogens with zero attached hydrogens (tertiary/aromatic N) is 2. The Morgan fingerprint density at radius 1 is 1.12 bits per heavy atom. The molecule has 1 aliphatic rings. The van der Waals surface area contributed by atoms with Gasteiger partial charge >= 0.3 is 0 Å². The zero-order chi connectivity index (χ0) is 17.4. The molecule has 1 unspecified atom stereocenters. The molecule has 6 heteroatoms. The fraction of sp³-hybridized carbons (Fsp3) is 0.0526. The first-order chi connectivity index (χ1) is 12.2. The molecular weight excluding hydrogens is 336 g/mol. The van der Waals surface area contributed by atoms with E-state index in [0.717, 1.165) is 22.4 Å². The van der Waals surface area contributed by atoms with Gasteiger partial charge in [0.25, 0.3) is 0 Å². The highest BCUT2D eigenvalue weighted by atomic mass is 35.5. The Morgan fingerprint density at radius 2 is 1.84 bits per heavy atom. The zero-order valence-corrected chi connectivity index (χ0v) is 13.8. The number of hydrogen-bond acceptors (Lipinski definition) is 4. The van der Waals surface area contributed by atoms with Gasteiger partial charge in [-0.15, -0.1) is 5.10 Å². The van der Waals surface area contributed by atoms with Gasteiger partial charge in [-0.05, 0) is 23.3 Å². The summed E-state index contributed by atoms with van der Waals surface area (Å²) in [5, 5.41) is 17.5. The lowest BCUT2D eigenvalue weighted by molar-refractivity contribution is 0.379. The summed E-state index contributed by atoms with van der Waals surface area (Å²) in [6.45, 7) is 0. The Kier molecular flexibility index (Phi) is 3.68. The van der Waals surface area contributed by atoms with Gasteiger partial charge in [0.1, 0.15) is 11.6 Å². The van der Waals surface area contributed by atoms with Gasteiger partial charge < -0.3 is 10.5 Å². The molecule has 0 fully saturated rings. The first-order valence-electron chi connectivity index (χ1n) is 7.65. The van der Waals surface area contributed by atoms with Crippen LogP contribution >= 0.6 is 11.6 Å². The second-order valence-corrected chi connectivity index (χ2v) is 6.10. The smallest absolute Gasteiger partial charge is 0.244 e. The van der Waals surface area contributed by atoms with Crippen LogP contribution in [0.25, 0.3) is 11.3 Å². The number of ether oxygens (including phenoxy) is 1. The molecule has 0 bridgehead atoms. The number of nitrogens with one attached hydrogen (secondary N) is 1. The maximum atomic E-state index is 9.65. The van der Waals surface area contributed by atoms with Crippen LogP contribution in [0.3, 0.4) is 0 Å². The number of rotatable bonds is 2. The average Bonchev–Trinajstić information content (AvgIpc) is 3.05. The molecular formula is C19H13ClN4O. The molecule has 0 aliphatic carbocycles. The number of fused-ring (bicyclic) bond motifs is 1. The number of nitriles is 1. The molecule has 0 saturated carbocycles. The normalized spacial score (nSPS) is 16.1. The van der Waals surface area contributed by atoms with E-state index in [1.807, 2.05) is 42.5 Å². The number of nitrogens with two attached hydrogens (primary N) is 1. The predicted octanol–water partition coefficient (Wildman–Crippen LogP) is 3.95. The van der Waals surface area contributed by atoms with Crippen molar-refractivity contribution in [2.24, 2.45) is 5.73 Å². The van der Waals surface area contributed by atoms with Crippen molar-refractivity contribution in [1.29, 1.82) is 5.26 Å². The highest BCUT2D eigenvalue weighted by molar-refractivity contribution is 6.30. The van der Waals surface area contributed by atoms with Gasteiger partial charge in [0.15, 0.2) is 0 Å². The maximum absolute atomic E-state index is 9.65. The first-order valence-corrected chi connectivity index (χ1v) is 8.03. The summed E-state index contributed by atoms with van der Waals surface area (Å²) in [5.41, 5.74) is 9.76. The Labute approximate surface area is 149 Å². The van der Waals surface area contributed by atoms with Crippen LogP contribution in [0, 0.1) is 11.3 Å². The molecule has 0 spiro atoms. The minimum atomic E-state index is -0.375. The van der Waals surface area contributed by atoms with Crippen LogP contribution in [-0.2, 0) is 0 Å². The van der Waals surface area contributed by atoms with E-state index in [9.17, 15) is 5.26 Å². The van der Waals surface area contributed by atoms with Crippen LogP contribution in [0.4, 0.5) is 0 Å². The number of aromatic amines is 1. The fourth-order valence-electron chi connectivity index (χ4n) is 3.06. The van der Waals surface area contributed by atoms with E-state index < -0.39 is 0 Å². The van der Waals surface area contributed by atoms with Gasteiger partial charge in [0, 0.05) is 5.02 Å². The fourth-order valence-corrected chi connectivity index (χ4v) is 3.18. The van der Waals surface area contributed by atoms with Crippen LogP contribution in [0.5, 0.6) is 5.88 Å². The third-order valence-corrected chi connectivity index (χ3v) is 4.46. The van der Waals surface area contributed by atoms with Crippen LogP contribution < -0.4 is 10.5 Å². The number of allylic oxidation sites excluding steroid dienone is 1. The summed E-state index contributed by atoms with van der Waals surface area (Å²) < 4.78 is 5.58. The zero-order valence-electron chi connectivity index (χ0n) is 13.0. The summed E-state index contributed by atoms with van der Waals surface area (Å²) >= 11 is 6.01. The Balaban J connectivity index is 1.95. The van der Waals surface area contributed by atoms with E-state index in [1.165, 1.54) is 0 Å². The van der Waals surface area contributed by atoms with E-state index in [1.54, 1.807) is 12.1 Å². The quantitative estimate of drug-likeness (QED) is 0.734. The monoisotopic (exact) mass is 348 g/mol. The minimum Gasteiger partial charge on any atom is -0.420 e. The number of benzene rings is 2. The molecule has 0 radical (unpaired) electrons. The summed E-state index contributed by atoms with van der Waals surface area (Å²) in [6.07, 6.45) is 0. The Morgan fingerprint density at radius 3 is 2.52 bits per heavy atom. The van der Waals surface area contributed by atoms with Crippen LogP contribution in [0.15, 0.2) is 66.1 Å². The van der Waals surface area contributed by atoms with Gasteiger partial charge in [-0.25, -0.2) is 0 Å². The number of hydrogen-bond donors (Lipinski definition) is 2. The van der Waals surface area contributed by atoms with E-state index in [0.29, 0.717) is 16.5 Å². The van der Waals surface area contributed by atoms with E-state index in [4.69, 9.17) is 22.1 Å². The van der Waals surface area contributed by atoms with Crippen molar-refractivity contribution < 1.29 is 4.74 Å². The summed E-state index contributed by atoms with van der Waals surface area (Å²) in [7, 11) is 0. The summed E-state index contributed by atoms with van der Waals surface area (Å²) in [4.78, 5) is 0. The molecule has 4 rings (SSSR count). The molecule has 1 aromatic heterocycles.